The summed E-state index contributed by atoms with van der Waals surface area (Å²) in [4.78, 5) is 7.75. The number of benzene rings is 21. The van der Waals surface area contributed by atoms with Crippen LogP contribution in [-0.2, 0) is 27.1 Å². The van der Waals surface area contributed by atoms with Crippen LogP contribution in [0.5, 0.6) is 0 Å². The molecule has 0 saturated carbocycles. The number of hydrogen-bond acceptors (Lipinski definition) is 3. The molecule has 3 heteroatoms. The second-order valence-corrected chi connectivity index (χ2v) is 43.6. The minimum absolute atomic E-state index is 0.135. The molecular formula is C146H111N3. The molecule has 1 spiro atoms. The van der Waals surface area contributed by atoms with Crippen LogP contribution in [0.3, 0.4) is 0 Å². The first-order valence-corrected chi connectivity index (χ1v) is 53.0. The summed E-state index contributed by atoms with van der Waals surface area (Å²) in [6, 6.07) is 182. The summed E-state index contributed by atoms with van der Waals surface area (Å²) in [7, 11) is 0. The number of hydrogen-bond donors (Lipinski definition) is 0. The Morgan fingerprint density at radius 1 is 0.201 bits per heavy atom. The topological polar surface area (TPSA) is 9.72 Å². The molecule has 0 saturated heterocycles. The molecular weight excluding hydrogens is 1800 g/mol. The van der Waals surface area contributed by atoms with Gasteiger partial charge in [0, 0.05) is 72.5 Å². The third-order valence-electron chi connectivity index (χ3n) is 34.7. The van der Waals surface area contributed by atoms with Crippen LogP contribution in [0.4, 0.5) is 51.2 Å². The summed E-state index contributed by atoms with van der Waals surface area (Å²) in [6.07, 6.45) is 6.88. The highest BCUT2D eigenvalue weighted by Crippen LogP contribution is 2.67. The van der Waals surface area contributed by atoms with Gasteiger partial charge in [0.05, 0.1) is 22.5 Å². The zero-order valence-electron chi connectivity index (χ0n) is 85.4. The summed E-state index contributed by atoms with van der Waals surface area (Å²) >= 11 is 0. The monoisotopic (exact) mass is 1910 g/mol. The average molecular weight is 1910 g/mol. The van der Waals surface area contributed by atoms with Crippen LogP contribution in [-0.4, -0.2) is 0 Å². The summed E-state index contributed by atoms with van der Waals surface area (Å²) < 4.78 is 0. The molecule has 2 atom stereocenters. The van der Waals surface area contributed by atoms with E-state index in [1.54, 1.807) is 0 Å². The highest BCUT2D eigenvalue weighted by molar-refractivity contribution is 6.03. The fourth-order valence-corrected chi connectivity index (χ4v) is 27.7. The third kappa shape index (κ3) is 13.5. The molecule has 0 aromatic heterocycles. The number of aryl methyl sites for hydroxylation is 3. The van der Waals surface area contributed by atoms with E-state index >= 15 is 0 Å². The van der Waals surface area contributed by atoms with Gasteiger partial charge in [-0.25, -0.2) is 0 Å². The lowest BCUT2D eigenvalue weighted by atomic mass is 9.69. The van der Waals surface area contributed by atoms with E-state index in [0.29, 0.717) is 0 Å². The van der Waals surface area contributed by atoms with Gasteiger partial charge in [-0.2, -0.15) is 0 Å². The molecule has 0 N–H and O–H groups in total. The molecule has 7 aliphatic carbocycles. The van der Waals surface area contributed by atoms with Gasteiger partial charge in [0.25, 0.3) is 0 Å². The maximum Gasteiger partial charge on any atom is 0.0725 e. The number of fused-ring (bicyclic) bond motifs is 21. The van der Waals surface area contributed by atoms with Gasteiger partial charge in [-0.1, -0.05) is 421 Å². The van der Waals surface area contributed by atoms with E-state index in [1.807, 2.05) is 0 Å². The van der Waals surface area contributed by atoms with Crippen LogP contribution in [0.2, 0.25) is 0 Å². The summed E-state index contributed by atoms with van der Waals surface area (Å²) in [5.74, 6) is 0. The van der Waals surface area contributed by atoms with Crippen LogP contribution in [0.15, 0.2) is 491 Å². The summed E-state index contributed by atoms with van der Waals surface area (Å²) in [6.45, 7) is 21.6. The lowest BCUT2D eigenvalue weighted by Crippen LogP contribution is -2.26. The first-order valence-electron chi connectivity index (χ1n) is 53.0. The Morgan fingerprint density at radius 3 is 1.13 bits per heavy atom. The maximum atomic E-state index is 2.59. The van der Waals surface area contributed by atoms with Crippen molar-refractivity contribution in [1.82, 2.24) is 0 Å². The highest BCUT2D eigenvalue weighted by atomic mass is 15.2. The van der Waals surface area contributed by atoms with E-state index in [1.165, 1.54) is 167 Å². The molecule has 0 fully saturated rings. The molecule has 28 rings (SSSR count). The molecule has 3 nitrogen and oxygen atoms in total. The van der Waals surface area contributed by atoms with Crippen LogP contribution < -0.4 is 14.7 Å². The number of allylic oxidation sites excluding steroid dienone is 4. The predicted molar refractivity (Wildman–Crippen MR) is 624 cm³/mol. The number of nitrogens with zero attached hydrogens (tertiary/aromatic N) is 3. The Morgan fingerprint density at radius 2 is 0.584 bits per heavy atom. The smallest absolute Gasteiger partial charge is 0.0725 e. The molecule has 149 heavy (non-hydrogen) atoms. The second kappa shape index (κ2) is 34.1. The first kappa shape index (κ1) is 89.1. The normalized spacial score (nSPS) is 16.1. The van der Waals surface area contributed by atoms with Gasteiger partial charge in [-0.05, 0) is 351 Å². The van der Waals surface area contributed by atoms with Crippen molar-refractivity contribution in [2.45, 2.75) is 102 Å². The number of rotatable bonds is 17. The quantitative estimate of drug-likeness (QED) is 0.0900. The first-order chi connectivity index (χ1) is 72.9. The SMILES string of the molecule is Cc1cc(-c2ccc3c(c2)-c2cc(-c4cc(N(c5ccc6c(c5)C5=C(CCC=C5)C6(C)C)c5ccccc5-c5ccccc5)cc(N(c5ccc6c(c5)C(C)(C)c5ccccc5-6)c5ccccc5-c5ccccc5)c4)ccc2C32c3ccccc3-c3ccccc32)cc(N(c2ccc3c(c2)C(C)(c2cc(C)cc4c2-c2ccccc2C4(C)c2cccc(-c4ccccc4C)c2)c2ccccc2-3)c2ccccc2-c2ccccc2)c1. The second-order valence-electron chi connectivity index (χ2n) is 43.6. The molecule has 0 aliphatic heterocycles. The minimum Gasteiger partial charge on any atom is -0.310 e. The number of anilines is 9. The van der Waals surface area contributed by atoms with E-state index in [2.05, 4.69) is 562 Å². The van der Waals surface area contributed by atoms with Gasteiger partial charge >= 0.3 is 0 Å². The summed E-state index contributed by atoms with van der Waals surface area (Å²) in [5, 5.41) is 0. The Kier molecular flexibility index (Phi) is 20.4. The lowest BCUT2D eigenvalue weighted by Gasteiger charge is -2.34. The molecule has 0 amide bonds. The predicted octanol–water partition coefficient (Wildman–Crippen LogP) is 38.7. The van der Waals surface area contributed by atoms with Crippen molar-refractivity contribution in [2.75, 3.05) is 14.7 Å². The lowest BCUT2D eigenvalue weighted by molar-refractivity contribution is 0.607. The van der Waals surface area contributed by atoms with E-state index in [0.717, 1.165) is 125 Å². The van der Waals surface area contributed by atoms with Gasteiger partial charge in [0.1, 0.15) is 0 Å². The Bertz CT molecular complexity index is 9190. The van der Waals surface area contributed by atoms with Crippen molar-refractivity contribution < 1.29 is 0 Å². The molecule has 21 aromatic rings. The van der Waals surface area contributed by atoms with E-state index in [4.69, 9.17) is 0 Å². The highest BCUT2D eigenvalue weighted by Gasteiger charge is 2.54. The maximum absolute atomic E-state index is 2.59. The average Bonchev–Trinajstić information content (AvgIpc) is 1.50. The van der Waals surface area contributed by atoms with E-state index < -0.39 is 16.2 Å². The van der Waals surface area contributed by atoms with Crippen molar-refractivity contribution in [1.29, 1.82) is 0 Å². The fourth-order valence-electron chi connectivity index (χ4n) is 27.7. The third-order valence-corrected chi connectivity index (χ3v) is 34.7. The van der Waals surface area contributed by atoms with Crippen molar-refractivity contribution in [3.05, 3.63) is 585 Å². The van der Waals surface area contributed by atoms with Gasteiger partial charge in [-0.15, -0.1) is 0 Å². The standard InChI is InChI=1S/C146H111N3/c1-92-78-101(83-107(79-92)148(139-66-37-28-51-112(139)96-43-15-11-16-44-96)106-71-74-120-115-54-23-32-61-128(115)145(9,135(120)91-106)137-81-93(2)80-136-141(137)121-58-26-33-62-129(121)144(136,8)103-48-39-47-100(82-103)110-49-20-19-40-94(110)3)98-68-75-132-122(86-98)123-87-99(69-76-133(123)146(132)130-63-34-24-55-116(130)117-56-25-35-64-131(117)146)102-84-108(147(138-65-36-27-50-111(138)95-41-13-10-14-42-95)104-72-77-127-124(89-104)118-57-22-31-60-126(118)142(127,4)5)88-109(85-102)149(140-67-38-29-52-113(140)97-45-17-12-18-46-97)105-70-73-119-114-53-21-30-59-125(114)143(6,7)134(119)90-105/h10-30,32-59,61-91H,31,60H2,1-9H3. The van der Waals surface area contributed by atoms with Crippen molar-refractivity contribution in [2.24, 2.45) is 0 Å². The number of para-hydroxylation sites is 3. The van der Waals surface area contributed by atoms with Crippen LogP contribution in [0, 0.1) is 20.8 Å². The van der Waals surface area contributed by atoms with Gasteiger partial charge < -0.3 is 14.7 Å². The molecule has 21 aromatic carbocycles. The Balaban J connectivity index is 0.656. The fraction of sp³-hybridized carbons (Fsp3) is 0.110. The van der Waals surface area contributed by atoms with Gasteiger partial charge in [0.15, 0.2) is 0 Å². The minimum atomic E-state index is -0.670. The molecule has 0 heterocycles. The van der Waals surface area contributed by atoms with Crippen molar-refractivity contribution in [3.8, 4) is 122 Å². The summed E-state index contributed by atoms with van der Waals surface area (Å²) in [5.41, 5.74) is 58.6. The molecule has 710 valence electrons. The molecule has 0 bridgehead atoms. The molecule has 7 aliphatic rings. The van der Waals surface area contributed by atoms with Crippen LogP contribution in [0.1, 0.15) is 149 Å². The van der Waals surface area contributed by atoms with E-state index in [-0.39, 0.29) is 10.8 Å². The van der Waals surface area contributed by atoms with Crippen LogP contribution in [0.25, 0.3) is 128 Å². The van der Waals surface area contributed by atoms with Gasteiger partial charge in [-0.3, -0.25) is 0 Å². The molecule has 2 unspecified atom stereocenters. The van der Waals surface area contributed by atoms with Crippen molar-refractivity contribution in [3.63, 3.8) is 0 Å². The van der Waals surface area contributed by atoms with Crippen LogP contribution >= 0.6 is 0 Å². The van der Waals surface area contributed by atoms with Gasteiger partial charge in [0.2, 0.25) is 0 Å². The molecule has 0 radical (unpaired) electrons. The largest absolute Gasteiger partial charge is 0.310 e. The zero-order valence-corrected chi connectivity index (χ0v) is 85.4. The zero-order chi connectivity index (χ0) is 100. The Hall–Kier alpha value is -17.5. The van der Waals surface area contributed by atoms with Crippen molar-refractivity contribution >= 4 is 56.8 Å². The Labute approximate surface area is 875 Å². The van der Waals surface area contributed by atoms with E-state index in [9.17, 15) is 0 Å².